The Kier molecular flexibility index (Phi) is 3.17. The number of carboxylic acids is 1. The molecule has 0 bridgehead atoms. The molecular weight excluding hydrogens is 182 g/mol. The van der Waals surface area contributed by atoms with Gasteiger partial charge >= 0.3 is 5.97 Å². The minimum Gasteiger partial charge on any atom is -0.480 e. The molecule has 14 heavy (non-hydrogen) atoms. The first-order chi connectivity index (χ1) is 6.35. The van der Waals surface area contributed by atoms with Gasteiger partial charge in [0, 0.05) is 12.6 Å². The highest BCUT2D eigenvalue weighted by molar-refractivity contribution is 5.77. The van der Waals surface area contributed by atoms with Gasteiger partial charge in [-0.2, -0.15) is 0 Å². The Balaban J connectivity index is 2.78. The van der Waals surface area contributed by atoms with Crippen molar-refractivity contribution >= 4 is 5.97 Å². The molecule has 82 valence electrons. The second-order valence-electron chi connectivity index (χ2n) is 4.51. The Morgan fingerprint density at radius 3 is 2.57 bits per heavy atom. The molecule has 4 heteroatoms. The van der Waals surface area contributed by atoms with Crippen LogP contribution in [0.15, 0.2) is 0 Å². The molecule has 0 saturated carbocycles. The summed E-state index contributed by atoms with van der Waals surface area (Å²) in [5.41, 5.74) is -0.808. The molecule has 0 spiro atoms. The van der Waals surface area contributed by atoms with Crippen LogP contribution in [0.4, 0.5) is 0 Å². The van der Waals surface area contributed by atoms with Crippen LogP contribution < -0.4 is 0 Å². The second kappa shape index (κ2) is 3.87. The number of hydrogen-bond donors (Lipinski definition) is 1. The predicted molar refractivity (Wildman–Crippen MR) is 53.3 cm³/mol. The van der Waals surface area contributed by atoms with Crippen molar-refractivity contribution in [1.82, 2.24) is 4.90 Å². The molecular formula is C10H19NO3. The van der Waals surface area contributed by atoms with E-state index in [2.05, 4.69) is 0 Å². The van der Waals surface area contributed by atoms with E-state index < -0.39 is 11.5 Å². The predicted octanol–water partition coefficient (Wildman–Crippen LogP) is 0.959. The van der Waals surface area contributed by atoms with Gasteiger partial charge in [-0.25, -0.2) is 0 Å². The maximum absolute atomic E-state index is 11.1. The van der Waals surface area contributed by atoms with Gasteiger partial charge in [0.15, 0.2) is 0 Å². The smallest absolute Gasteiger partial charge is 0.323 e. The topological polar surface area (TPSA) is 49.8 Å². The Morgan fingerprint density at radius 2 is 2.07 bits per heavy atom. The molecule has 2 unspecified atom stereocenters. The number of nitrogens with zero attached hydrogens (tertiary/aromatic N) is 1. The Morgan fingerprint density at radius 1 is 1.50 bits per heavy atom. The summed E-state index contributed by atoms with van der Waals surface area (Å²) in [5.74, 6) is -0.779. The highest BCUT2D eigenvalue weighted by Gasteiger charge is 2.40. The van der Waals surface area contributed by atoms with Crippen molar-refractivity contribution in [3.05, 3.63) is 0 Å². The Labute approximate surface area is 84.8 Å². The quantitative estimate of drug-likeness (QED) is 0.723. The summed E-state index contributed by atoms with van der Waals surface area (Å²) in [6.45, 7) is 8.74. The van der Waals surface area contributed by atoms with Gasteiger partial charge in [-0.15, -0.1) is 0 Å². The average Bonchev–Trinajstić information content (AvgIpc) is 2.08. The maximum Gasteiger partial charge on any atom is 0.323 e. The lowest BCUT2D eigenvalue weighted by Gasteiger charge is -2.44. The van der Waals surface area contributed by atoms with E-state index in [0.29, 0.717) is 13.2 Å². The third kappa shape index (κ3) is 2.07. The zero-order chi connectivity index (χ0) is 10.9. The van der Waals surface area contributed by atoms with Gasteiger partial charge < -0.3 is 9.84 Å². The summed E-state index contributed by atoms with van der Waals surface area (Å²) >= 11 is 0. The molecule has 1 aliphatic rings. The fourth-order valence-electron chi connectivity index (χ4n) is 1.81. The number of carboxylic acid groups (broad SMARTS) is 1. The first kappa shape index (κ1) is 11.5. The monoisotopic (exact) mass is 201 g/mol. The molecule has 0 aliphatic carbocycles. The fraction of sp³-hybridized carbons (Fsp3) is 0.900. The maximum atomic E-state index is 11.1. The lowest BCUT2D eigenvalue weighted by atomic mass is 9.99. The number of carbonyl (C=O) groups is 1. The van der Waals surface area contributed by atoms with Crippen LogP contribution in [0, 0.1) is 0 Å². The van der Waals surface area contributed by atoms with Crippen LogP contribution in [0.3, 0.4) is 0 Å². The molecule has 1 aliphatic heterocycles. The van der Waals surface area contributed by atoms with Crippen LogP contribution in [0.1, 0.15) is 27.7 Å². The second-order valence-corrected chi connectivity index (χ2v) is 4.51. The van der Waals surface area contributed by atoms with Gasteiger partial charge in [0.1, 0.15) is 5.54 Å². The van der Waals surface area contributed by atoms with Crippen molar-refractivity contribution < 1.29 is 14.6 Å². The van der Waals surface area contributed by atoms with Crippen LogP contribution in [-0.4, -0.2) is 46.8 Å². The summed E-state index contributed by atoms with van der Waals surface area (Å²) in [4.78, 5) is 13.1. The molecule has 1 saturated heterocycles. The van der Waals surface area contributed by atoms with E-state index in [0.717, 1.165) is 0 Å². The molecule has 2 atom stereocenters. The van der Waals surface area contributed by atoms with E-state index in [-0.39, 0.29) is 12.1 Å². The van der Waals surface area contributed by atoms with Crippen LogP contribution in [0.5, 0.6) is 0 Å². The Hall–Kier alpha value is -0.610. The molecule has 1 rings (SSSR count). The van der Waals surface area contributed by atoms with Crippen molar-refractivity contribution in [3.63, 3.8) is 0 Å². The van der Waals surface area contributed by atoms with Crippen molar-refractivity contribution in [2.45, 2.75) is 45.4 Å². The minimum absolute atomic E-state index is 0.116. The van der Waals surface area contributed by atoms with Crippen molar-refractivity contribution in [3.8, 4) is 0 Å². The van der Waals surface area contributed by atoms with Crippen molar-refractivity contribution in [1.29, 1.82) is 0 Å². The third-order valence-corrected chi connectivity index (χ3v) is 2.85. The molecule has 0 radical (unpaired) electrons. The van der Waals surface area contributed by atoms with Crippen LogP contribution in [0.25, 0.3) is 0 Å². The molecule has 0 aromatic heterocycles. The van der Waals surface area contributed by atoms with E-state index in [9.17, 15) is 4.79 Å². The standard InChI is InChI=1S/C10H19NO3/c1-7-6-14-8(2)5-11(7)10(3,4)9(12)13/h7-8H,5-6H2,1-4H3,(H,12,13). The van der Waals surface area contributed by atoms with E-state index in [4.69, 9.17) is 9.84 Å². The number of rotatable bonds is 2. The molecule has 1 N–H and O–H groups in total. The molecule has 1 heterocycles. The van der Waals surface area contributed by atoms with Crippen LogP contribution in [-0.2, 0) is 9.53 Å². The van der Waals surface area contributed by atoms with E-state index in [1.54, 1.807) is 13.8 Å². The summed E-state index contributed by atoms with van der Waals surface area (Å²) in [6, 6.07) is 0.164. The number of ether oxygens (including phenoxy) is 1. The zero-order valence-corrected chi connectivity index (χ0v) is 9.28. The van der Waals surface area contributed by atoms with Crippen LogP contribution >= 0.6 is 0 Å². The molecule has 4 nitrogen and oxygen atoms in total. The lowest BCUT2D eigenvalue weighted by Crippen LogP contribution is -2.60. The van der Waals surface area contributed by atoms with E-state index in [1.807, 2.05) is 18.7 Å². The van der Waals surface area contributed by atoms with E-state index in [1.165, 1.54) is 0 Å². The average molecular weight is 201 g/mol. The van der Waals surface area contributed by atoms with Gasteiger partial charge in [-0.1, -0.05) is 0 Å². The first-order valence-corrected chi connectivity index (χ1v) is 4.97. The summed E-state index contributed by atoms with van der Waals surface area (Å²) in [6.07, 6.45) is 0.116. The van der Waals surface area contributed by atoms with Crippen molar-refractivity contribution in [2.75, 3.05) is 13.2 Å². The van der Waals surface area contributed by atoms with Gasteiger partial charge in [0.25, 0.3) is 0 Å². The highest BCUT2D eigenvalue weighted by atomic mass is 16.5. The number of hydrogen-bond acceptors (Lipinski definition) is 3. The normalized spacial score (nSPS) is 30.3. The first-order valence-electron chi connectivity index (χ1n) is 4.97. The number of morpholine rings is 1. The summed E-state index contributed by atoms with van der Waals surface area (Å²) in [7, 11) is 0. The lowest BCUT2D eigenvalue weighted by molar-refractivity contribution is -0.158. The van der Waals surface area contributed by atoms with Crippen LogP contribution in [0.2, 0.25) is 0 Å². The van der Waals surface area contributed by atoms with E-state index >= 15 is 0 Å². The van der Waals surface area contributed by atoms with Gasteiger partial charge in [0.2, 0.25) is 0 Å². The minimum atomic E-state index is -0.808. The fourth-order valence-corrected chi connectivity index (χ4v) is 1.81. The molecule has 1 fully saturated rings. The SMILES string of the molecule is CC1CN(C(C)(C)C(=O)O)C(C)CO1. The van der Waals surface area contributed by atoms with Crippen molar-refractivity contribution in [2.24, 2.45) is 0 Å². The molecule has 0 aromatic carbocycles. The summed E-state index contributed by atoms with van der Waals surface area (Å²) in [5, 5.41) is 9.12. The third-order valence-electron chi connectivity index (χ3n) is 2.85. The van der Waals surface area contributed by atoms with Gasteiger partial charge in [-0.05, 0) is 27.7 Å². The molecule has 0 aromatic rings. The van der Waals surface area contributed by atoms with Gasteiger partial charge in [0.05, 0.1) is 12.7 Å². The zero-order valence-electron chi connectivity index (χ0n) is 9.28. The van der Waals surface area contributed by atoms with Gasteiger partial charge in [-0.3, -0.25) is 9.69 Å². The summed E-state index contributed by atoms with van der Waals surface area (Å²) < 4.78 is 5.46. The largest absolute Gasteiger partial charge is 0.480 e. The molecule has 0 amide bonds. The Bertz CT molecular complexity index is 227. The highest BCUT2D eigenvalue weighted by Crippen LogP contribution is 2.22. The number of aliphatic carboxylic acids is 1.